The van der Waals surface area contributed by atoms with Crippen molar-refractivity contribution in [2.45, 2.75) is 13.3 Å². The summed E-state index contributed by atoms with van der Waals surface area (Å²) >= 11 is 0. The Balaban J connectivity index is 1.99. The van der Waals surface area contributed by atoms with E-state index >= 15 is 0 Å². The van der Waals surface area contributed by atoms with Crippen LogP contribution in [0, 0.1) is 0 Å². The lowest BCUT2D eigenvalue weighted by molar-refractivity contribution is 0.262. The second-order valence-electron chi connectivity index (χ2n) is 4.65. The maximum atomic E-state index is 12.1. The van der Waals surface area contributed by atoms with Crippen molar-refractivity contribution >= 4 is 17.4 Å². The predicted octanol–water partition coefficient (Wildman–Crippen LogP) is 4.13. The first-order valence-corrected chi connectivity index (χ1v) is 7.17. The molecule has 116 valence electrons. The summed E-state index contributed by atoms with van der Waals surface area (Å²) < 4.78 is 10.7. The van der Waals surface area contributed by atoms with Crippen molar-refractivity contribution < 1.29 is 14.3 Å². The first-order chi connectivity index (χ1) is 10.7. The maximum absolute atomic E-state index is 12.1. The number of hydrogen-bond donors (Lipinski definition) is 2. The highest BCUT2D eigenvalue weighted by Crippen LogP contribution is 2.24. The number of para-hydroxylation sites is 2. The highest BCUT2D eigenvalue weighted by Gasteiger charge is 2.07. The molecule has 0 fully saturated rings. The topological polar surface area (TPSA) is 59.6 Å². The summed E-state index contributed by atoms with van der Waals surface area (Å²) in [5.74, 6) is 1.40. The minimum Gasteiger partial charge on any atom is -0.497 e. The Bertz CT molecular complexity index is 612. The summed E-state index contributed by atoms with van der Waals surface area (Å²) in [6, 6.07) is 14.2. The Hall–Kier alpha value is -2.69. The minimum absolute atomic E-state index is 0.322. The fourth-order valence-electron chi connectivity index (χ4n) is 1.87. The van der Waals surface area contributed by atoms with E-state index in [-0.39, 0.29) is 6.03 Å². The van der Waals surface area contributed by atoms with Gasteiger partial charge in [-0.3, -0.25) is 0 Å². The molecule has 0 unspecified atom stereocenters. The van der Waals surface area contributed by atoms with Crippen molar-refractivity contribution in [2.24, 2.45) is 0 Å². The summed E-state index contributed by atoms with van der Waals surface area (Å²) in [4.78, 5) is 12.1. The van der Waals surface area contributed by atoms with Gasteiger partial charge in [-0.1, -0.05) is 19.1 Å². The van der Waals surface area contributed by atoms with Gasteiger partial charge in [0.25, 0.3) is 0 Å². The van der Waals surface area contributed by atoms with Gasteiger partial charge in [-0.15, -0.1) is 0 Å². The molecule has 0 aliphatic rings. The van der Waals surface area contributed by atoms with E-state index in [1.807, 2.05) is 25.1 Å². The number of urea groups is 1. The summed E-state index contributed by atoms with van der Waals surface area (Å²) in [6.07, 6.45) is 0.909. The zero-order valence-corrected chi connectivity index (χ0v) is 12.8. The van der Waals surface area contributed by atoms with Crippen molar-refractivity contribution in [3.8, 4) is 11.5 Å². The van der Waals surface area contributed by atoms with Crippen LogP contribution >= 0.6 is 0 Å². The highest BCUT2D eigenvalue weighted by molar-refractivity contribution is 6.00. The van der Waals surface area contributed by atoms with Crippen molar-refractivity contribution in [3.05, 3.63) is 48.5 Å². The molecule has 0 saturated heterocycles. The predicted molar refractivity (Wildman–Crippen MR) is 87.9 cm³/mol. The maximum Gasteiger partial charge on any atom is 0.323 e. The molecule has 5 heteroatoms. The molecule has 0 saturated carbocycles. The smallest absolute Gasteiger partial charge is 0.323 e. The largest absolute Gasteiger partial charge is 0.497 e. The Labute approximate surface area is 130 Å². The van der Waals surface area contributed by atoms with Gasteiger partial charge in [0, 0.05) is 5.69 Å². The number of carbonyl (C=O) groups is 1. The molecule has 0 aromatic heterocycles. The van der Waals surface area contributed by atoms with E-state index in [0.717, 1.165) is 12.2 Å². The van der Waals surface area contributed by atoms with Crippen molar-refractivity contribution in [2.75, 3.05) is 24.4 Å². The lowest BCUT2D eigenvalue weighted by Crippen LogP contribution is -2.19. The number of hydrogen-bond acceptors (Lipinski definition) is 3. The van der Waals surface area contributed by atoms with Crippen LogP contribution in [0.15, 0.2) is 48.5 Å². The molecule has 5 nitrogen and oxygen atoms in total. The first-order valence-electron chi connectivity index (χ1n) is 7.17. The number of carbonyl (C=O) groups excluding carboxylic acids is 1. The third-order valence-electron chi connectivity index (χ3n) is 2.94. The van der Waals surface area contributed by atoms with Crippen molar-refractivity contribution in [1.29, 1.82) is 0 Å². The quantitative estimate of drug-likeness (QED) is 0.843. The highest BCUT2D eigenvalue weighted by atomic mass is 16.5. The third-order valence-corrected chi connectivity index (χ3v) is 2.94. The average Bonchev–Trinajstić information content (AvgIpc) is 2.54. The van der Waals surface area contributed by atoms with E-state index in [9.17, 15) is 4.79 Å². The number of ether oxygens (including phenoxy) is 2. The summed E-state index contributed by atoms with van der Waals surface area (Å²) in [6.45, 7) is 2.64. The van der Waals surface area contributed by atoms with Gasteiger partial charge in [-0.25, -0.2) is 4.79 Å². The molecule has 0 aliphatic heterocycles. The molecular formula is C17H20N2O3. The first kappa shape index (κ1) is 15.7. The van der Waals surface area contributed by atoms with Gasteiger partial charge in [0.1, 0.15) is 11.5 Å². The van der Waals surface area contributed by atoms with E-state index < -0.39 is 0 Å². The van der Waals surface area contributed by atoms with Crippen LogP contribution in [0.2, 0.25) is 0 Å². The van der Waals surface area contributed by atoms with Gasteiger partial charge in [0.2, 0.25) is 0 Å². The van der Waals surface area contributed by atoms with Gasteiger partial charge in [0.15, 0.2) is 0 Å². The fraction of sp³-hybridized carbons (Fsp3) is 0.235. The monoisotopic (exact) mass is 300 g/mol. The van der Waals surface area contributed by atoms with E-state index in [1.165, 1.54) is 0 Å². The molecule has 0 heterocycles. The van der Waals surface area contributed by atoms with Crippen molar-refractivity contribution in [1.82, 2.24) is 0 Å². The van der Waals surface area contributed by atoms with Gasteiger partial charge < -0.3 is 20.1 Å². The van der Waals surface area contributed by atoms with E-state index in [2.05, 4.69) is 10.6 Å². The normalized spacial score (nSPS) is 9.91. The number of methoxy groups -OCH3 is 1. The Morgan fingerprint density at radius 2 is 1.77 bits per heavy atom. The average molecular weight is 300 g/mol. The second-order valence-corrected chi connectivity index (χ2v) is 4.65. The molecule has 2 aromatic rings. The van der Waals surface area contributed by atoms with Crippen molar-refractivity contribution in [3.63, 3.8) is 0 Å². The molecule has 0 bridgehead atoms. The summed E-state index contributed by atoms with van der Waals surface area (Å²) in [5, 5.41) is 5.55. The van der Waals surface area contributed by atoms with E-state index in [1.54, 1.807) is 37.4 Å². The number of benzene rings is 2. The van der Waals surface area contributed by atoms with Crippen LogP contribution in [0.4, 0.5) is 16.2 Å². The molecule has 22 heavy (non-hydrogen) atoms. The molecule has 0 radical (unpaired) electrons. The van der Waals surface area contributed by atoms with Crippen LogP contribution in [0.25, 0.3) is 0 Å². The lowest BCUT2D eigenvalue weighted by Gasteiger charge is -2.12. The summed E-state index contributed by atoms with van der Waals surface area (Å²) in [5.41, 5.74) is 1.33. The van der Waals surface area contributed by atoms with Gasteiger partial charge >= 0.3 is 6.03 Å². The lowest BCUT2D eigenvalue weighted by atomic mass is 10.3. The van der Waals surface area contributed by atoms with Gasteiger partial charge in [-0.05, 0) is 42.8 Å². The number of amides is 2. The third kappa shape index (κ3) is 4.41. The Morgan fingerprint density at radius 3 is 2.45 bits per heavy atom. The zero-order chi connectivity index (χ0) is 15.8. The standard InChI is InChI=1S/C17H20N2O3/c1-3-12-22-16-7-5-4-6-15(16)19-17(20)18-13-8-10-14(21-2)11-9-13/h4-11H,3,12H2,1-2H3,(H2,18,19,20). The molecule has 0 atom stereocenters. The van der Waals surface area contributed by atoms with E-state index in [0.29, 0.717) is 23.7 Å². The van der Waals surface area contributed by atoms with Crippen LogP contribution < -0.4 is 20.1 Å². The zero-order valence-electron chi connectivity index (χ0n) is 12.8. The number of nitrogens with one attached hydrogen (secondary N) is 2. The molecule has 2 aromatic carbocycles. The molecule has 0 aliphatic carbocycles. The Kier molecular flexibility index (Phi) is 5.65. The van der Waals surface area contributed by atoms with Crippen LogP contribution in [0.3, 0.4) is 0 Å². The molecule has 2 rings (SSSR count). The number of rotatable bonds is 6. The second kappa shape index (κ2) is 7.93. The van der Waals surface area contributed by atoms with E-state index in [4.69, 9.17) is 9.47 Å². The van der Waals surface area contributed by atoms with Crippen LogP contribution in [-0.2, 0) is 0 Å². The minimum atomic E-state index is -0.322. The molecule has 2 amide bonds. The van der Waals surface area contributed by atoms with Gasteiger partial charge in [0.05, 0.1) is 19.4 Å². The van der Waals surface area contributed by atoms with Crippen LogP contribution in [0.1, 0.15) is 13.3 Å². The van der Waals surface area contributed by atoms with Crippen LogP contribution in [0.5, 0.6) is 11.5 Å². The molecule has 2 N–H and O–H groups in total. The Morgan fingerprint density at radius 1 is 1.05 bits per heavy atom. The molecule has 0 spiro atoms. The van der Waals surface area contributed by atoms with Gasteiger partial charge in [-0.2, -0.15) is 0 Å². The SMILES string of the molecule is CCCOc1ccccc1NC(=O)Nc1ccc(OC)cc1. The van der Waals surface area contributed by atoms with Crippen LogP contribution in [-0.4, -0.2) is 19.7 Å². The summed E-state index contributed by atoms with van der Waals surface area (Å²) in [7, 11) is 1.60. The fourth-order valence-corrected chi connectivity index (χ4v) is 1.87. The number of anilines is 2. The molecular weight excluding hydrogens is 280 g/mol.